The zero-order valence-electron chi connectivity index (χ0n) is 40.3. The number of nitrogens with one attached hydrogen (secondary N) is 1. The molecule has 0 saturated heterocycles. The molecule has 0 saturated carbocycles. The van der Waals surface area contributed by atoms with Crippen LogP contribution in [-0.2, 0) is 14.3 Å². The highest BCUT2D eigenvalue weighted by Crippen LogP contribution is 2.17. The second-order valence-corrected chi connectivity index (χ2v) is 17.6. The van der Waals surface area contributed by atoms with E-state index in [9.17, 15) is 19.8 Å². The zero-order valence-corrected chi connectivity index (χ0v) is 40.3. The van der Waals surface area contributed by atoms with Gasteiger partial charge in [0.05, 0.1) is 25.2 Å². The van der Waals surface area contributed by atoms with E-state index in [0.29, 0.717) is 19.3 Å². The van der Waals surface area contributed by atoms with Gasteiger partial charge in [-0.05, 0) is 64.2 Å². The molecule has 0 aliphatic carbocycles. The highest BCUT2D eigenvalue weighted by Gasteiger charge is 2.24. The summed E-state index contributed by atoms with van der Waals surface area (Å²) in [6.07, 6.45) is 60.0. The number of carbonyl (C=O) groups is 2. The van der Waals surface area contributed by atoms with E-state index < -0.39 is 18.2 Å². The monoisotopic (exact) mass is 854 g/mol. The Balaban J connectivity index is 4.66. The summed E-state index contributed by atoms with van der Waals surface area (Å²) >= 11 is 0. The van der Waals surface area contributed by atoms with Gasteiger partial charge in [0.2, 0.25) is 5.91 Å². The normalized spacial score (nSPS) is 13.7. The van der Waals surface area contributed by atoms with E-state index in [0.717, 1.165) is 70.6 Å². The summed E-state index contributed by atoms with van der Waals surface area (Å²) in [7, 11) is 0. The molecular weight excluding hydrogens is 755 g/mol. The van der Waals surface area contributed by atoms with E-state index in [4.69, 9.17) is 4.74 Å². The minimum Gasteiger partial charge on any atom is -0.462 e. The maximum absolute atomic E-state index is 13.2. The summed E-state index contributed by atoms with van der Waals surface area (Å²) in [5.41, 5.74) is 0. The van der Waals surface area contributed by atoms with E-state index in [1.807, 2.05) is 0 Å². The molecule has 61 heavy (non-hydrogen) atoms. The molecule has 1 amide bonds. The Morgan fingerprint density at radius 1 is 0.492 bits per heavy atom. The SMILES string of the molecule is CC/C=C/C=C/C=C/CCCCCCCCCC(=O)OC(CCC/C=C/C=C/CCCCCCCCC)CC(=O)NC(CO)C(O)CCCCCCCCCCCCCCC. The molecule has 0 fully saturated rings. The van der Waals surface area contributed by atoms with Crippen LogP contribution in [-0.4, -0.2) is 46.9 Å². The average molecular weight is 854 g/mol. The number of esters is 1. The van der Waals surface area contributed by atoms with Gasteiger partial charge in [0.15, 0.2) is 0 Å². The number of amides is 1. The van der Waals surface area contributed by atoms with Gasteiger partial charge in [-0.3, -0.25) is 9.59 Å². The lowest BCUT2D eigenvalue weighted by Gasteiger charge is -2.24. The number of carbonyl (C=O) groups excluding carboxylic acids is 2. The average Bonchev–Trinajstić information content (AvgIpc) is 3.25. The summed E-state index contributed by atoms with van der Waals surface area (Å²) in [6.45, 7) is 6.34. The molecule has 6 nitrogen and oxygen atoms in total. The van der Waals surface area contributed by atoms with Crippen molar-refractivity contribution in [2.45, 2.75) is 270 Å². The van der Waals surface area contributed by atoms with Crippen molar-refractivity contribution in [2.75, 3.05) is 6.61 Å². The quantitative estimate of drug-likeness (QED) is 0.0322. The molecule has 354 valence electrons. The van der Waals surface area contributed by atoms with Crippen molar-refractivity contribution in [1.82, 2.24) is 5.32 Å². The van der Waals surface area contributed by atoms with Crippen molar-refractivity contribution < 1.29 is 24.5 Å². The van der Waals surface area contributed by atoms with Crippen molar-refractivity contribution in [3.63, 3.8) is 0 Å². The predicted octanol–water partition coefficient (Wildman–Crippen LogP) is 15.6. The first-order valence-electron chi connectivity index (χ1n) is 26.1. The van der Waals surface area contributed by atoms with Gasteiger partial charge in [-0.15, -0.1) is 0 Å². The van der Waals surface area contributed by atoms with Crippen molar-refractivity contribution in [1.29, 1.82) is 0 Å². The molecule has 3 atom stereocenters. The van der Waals surface area contributed by atoms with Gasteiger partial charge in [-0.1, -0.05) is 236 Å². The summed E-state index contributed by atoms with van der Waals surface area (Å²) < 4.78 is 5.90. The number of unbranched alkanes of at least 4 members (excludes halogenated alkanes) is 27. The van der Waals surface area contributed by atoms with Crippen LogP contribution in [0.1, 0.15) is 252 Å². The maximum Gasteiger partial charge on any atom is 0.306 e. The zero-order chi connectivity index (χ0) is 44.5. The van der Waals surface area contributed by atoms with Gasteiger partial charge in [0.25, 0.3) is 0 Å². The molecule has 0 aromatic heterocycles. The van der Waals surface area contributed by atoms with E-state index in [1.54, 1.807) is 0 Å². The topological polar surface area (TPSA) is 95.9 Å². The van der Waals surface area contributed by atoms with Gasteiger partial charge >= 0.3 is 5.97 Å². The summed E-state index contributed by atoms with van der Waals surface area (Å²) in [4.78, 5) is 26.1. The van der Waals surface area contributed by atoms with Crippen LogP contribution in [0.4, 0.5) is 0 Å². The van der Waals surface area contributed by atoms with Gasteiger partial charge in [0, 0.05) is 6.42 Å². The van der Waals surface area contributed by atoms with Crippen molar-refractivity contribution in [2.24, 2.45) is 0 Å². The van der Waals surface area contributed by atoms with Crippen LogP contribution in [0.5, 0.6) is 0 Å². The Labute approximate surface area is 378 Å². The third-order valence-corrected chi connectivity index (χ3v) is 11.7. The predicted molar refractivity (Wildman–Crippen MR) is 264 cm³/mol. The molecule has 0 bridgehead atoms. The number of hydrogen-bond donors (Lipinski definition) is 3. The second-order valence-electron chi connectivity index (χ2n) is 17.6. The fraction of sp³-hybridized carbons (Fsp3) is 0.782. The molecule has 0 aromatic rings. The Kier molecular flexibility index (Phi) is 46.6. The Bertz CT molecular complexity index is 1090. The molecular formula is C55H99NO5. The van der Waals surface area contributed by atoms with Crippen LogP contribution < -0.4 is 5.32 Å². The molecule has 0 rings (SSSR count). The van der Waals surface area contributed by atoms with E-state index in [2.05, 4.69) is 86.8 Å². The van der Waals surface area contributed by atoms with Crippen molar-refractivity contribution >= 4 is 11.9 Å². The fourth-order valence-corrected chi connectivity index (χ4v) is 7.72. The highest BCUT2D eigenvalue weighted by atomic mass is 16.5. The molecule has 0 radical (unpaired) electrons. The smallest absolute Gasteiger partial charge is 0.306 e. The van der Waals surface area contributed by atoms with Crippen LogP contribution >= 0.6 is 0 Å². The minimum atomic E-state index is -0.802. The Morgan fingerprint density at radius 3 is 1.38 bits per heavy atom. The van der Waals surface area contributed by atoms with E-state index >= 15 is 0 Å². The highest BCUT2D eigenvalue weighted by molar-refractivity contribution is 5.77. The van der Waals surface area contributed by atoms with Crippen LogP contribution in [0.25, 0.3) is 0 Å². The number of aliphatic hydroxyl groups excluding tert-OH is 2. The van der Waals surface area contributed by atoms with Crippen LogP contribution in [0, 0.1) is 0 Å². The third-order valence-electron chi connectivity index (χ3n) is 11.7. The number of hydrogen-bond acceptors (Lipinski definition) is 5. The Morgan fingerprint density at radius 2 is 0.902 bits per heavy atom. The minimum absolute atomic E-state index is 0.0388. The van der Waals surface area contributed by atoms with Gasteiger partial charge in [0.1, 0.15) is 6.10 Å². The lowest BCUT2D eigenvalue weighted by molar-refractivity contribution is -0.151. The third kappa shape index (κ3) is 44.0. The lowest BCUT2D eigenvalue weighted by atomic mass is 10.0. The molecule has 6 heteroatoms. The molecule has 0 spiro atoms. The van der Waals surface area contributed by atoms with Crippen molar-refractivity contribution in [3.8, 4) is 0 Å². The number of ether oxygens (including phenoxy) is 1. The van der Waals surface area contributed by atoms with E-state index in [-0.39, 0.29) is 24.9 Å². The fourth-order valence-electron chi connectivity index (χ4n) is 7.72. The molecule has 0 aliphatic heterocycles. The summed E-state index contributed by atoms with van der Waals surface area (Å²) in [6, 6.07) is -0.719. The number of aliphatic hydroxyl groups is 2. The summed E-state index contributed by atoms with van der Waals surface area (Å²) in [5.74, 6) is -0.532. The van der Waals surface area contributed by atoms with Crippen LogP contribution in [0.2, 0.25) is 0 Å². The van der Waals surface area contributed by atoms with Crippen LogP contribution in [0.3, 0.4) is 0 Å². The first kappa shape index (κ1) is 58.6. The molecule has 3 unspecified atom stereocenters. The van der Waals surface area contributed by atoms with Crippen LogP contribution in [0.15, 0.2) is 60.8 Å². The maximum atomic E-state index is 13.2. The largest absolute Gasteiger partial charge is 0.462 e. The van der Waals surface area contributed by atoms with E-state index in [1.165, 1.54) is 135 Å². The molecule has 0 aliphatic rings. The molecule has 0 heterocycles. The van der Waals surface area contributed by atoms with Gasteiger partial charge in [-0.25, -0.2) is 0 Å². The summed E-state index contributed by atoms with van der Waals surface area (Å²) in [5, 5.41) is 23.8. The lowest BCUT2D eigenvalue weighted by Crippen LogP contribution is -2.46. The van der Waals surface area contributed by atoms with Crippen molar-refractivity contribution in [3.05, 3.63) is 60.8 Å². The second kappa shape index (κ2) is 48.6. The first-order chi connectivity index (χ1) is 30.0. The van der Waals surface area contributed by atoms with Gasteiger partial charge in [-0.2, -0.15) is 0 Å². The molecule has 3 N–H and O–H groups in total. The molecule has 0 aromatic carbocycles. The Hall–Kier alpha value is -2.44. The standard InChI is InChI=1S/C55H99NO5/c1-4-7-10-13-16-19-22-25-27-30-33-36-39-42-45-48-55(60)61-51(46-43-40-37-34-31-29-26-23-20-17-14-11-8-5-2)49-54(59)56-52(50-57)53(58)47-44-41-38-35-32-28-24-21-18-15-12-9-6-3/h7,10,13,16,19,22,29,31,34,37,51-53,57-58H,4-6,8-9,11-12,14-15,17-18,20-21,23-28,30,32-33,35-36,38-50H2,1-3H3,(H,56,59)/b10-7+,16-13+,22-19+,31-29+,37-34+. The first-order valence-corrected chi connectivity index (χ1v) is 26.1. The number of allylic oxidation sites excluding steroid dienone is 10. The van der Waals surface area contributed by atoms with Gasteiger partial charge < -0.3 is 20.3 Å². The number of rotatable bonds is 46.